The number of nitrogens with zero attached hydrogens (tertiary/aromatic N) is 3. The second-order valence-electron chi connectivity index (χ2n) is 2.16. The molecule has 1 aromatic heterocycles. The third-order valence-corrected chi connectivity index (χ3v) is 1.32. The van der Waals surface area contributed by atoms with Crippen molar-refractivity contribution in [1.29, 1.82) is 0 Å². The highest BCUT2D eigenvalue weighted by Crippen LogP contribution is 1.89. The Morgan fingerprint density at radius 2 is 2.67 bits per heavy atom. The molecule has 0 fully saturated rings. The molecule has 0 aliphatic rings. The lowest BCUT2D eigenvalue weighted by Crippen LogP contribution is -2.24. The number of thiocarbonyl (C=S) groups is 1. The van der Waals surface area contributed by atoms with Gasteiger partial charge < -0.3 is 10.3 Å². The topological polar surface area (TPSA) is 68.2 Å². The first-order valence-corrected chi connectivity index (χ1v) is 3.66. The van der Waals surface area contributed by atoms with E-state index in [0.29, 0.717) is 0 Å². The molecule has 1 heterocycles. The van der Waals surface area contributed by atoms with E-state index >= 15 is 0 Å². The van der Waals surface area contributed by atoms with Gasteiger partial charge in [-0.2, -0.15) is 5.10 Å². The van der Waals surface area contributed by atoms with Crippen LogP contribution >= 0.6 is 12.2 Å². The maximum Gasteiger partial charge on any atom is 0.184 e. The average molecular weight is 183 g/mol. The Balaban J connectivity index is 2.57. The number of nitrogens with two attached hydrogens (primary N) is 1. The molecule has 0 saturated carbocycles. The van der Waals surface area contributed by atoms with E-state index < -0.39 is 0 Å². The summed E-state index contributed by atoms with van der Waals surface area (Å²) in [5.41, 5.74) is 8.48. The Labute approximate surface area is 75.3 Å². The number of rotatable bonds is 2. The third kappa shape index (κ3) is 2.31. The van der Waals surface area contributed by atoms with Crippen molar-refractivity contribution in [2.45, 2.75) is 0 Å². The summed E-state index contributed by atoms with van der Waals surface area (Å²) in [7, 11) is 1.87. The number of imidazole rings is 1. The van der Waals surface area contributed by atoms with Gasteiger partial charge >= 0.3 is 0 Å². The molecule has 6 heteroatoms. The molecule has 1 rings (SSSR count). The fourth-order valence-corrected chi connectivity index (χ4v) is 0.707. The van der Waals surface area contributed by atoms with Crippen molar-refractivity contribution in [3.05, 3.63) is 18.2 Å². The monoisotopic (exact) mass is 183 g/mol. The van der Waals surface area contributed by atoms with Crippen LogP contribution in [0.25, 0.3) is 0 Å². The van der Waals surface area contributed by atoms with Crippen molar-refractivity contribution in [2.75, 3.05) is 0 Å². The molecule has 12 heavy (non-hydrogen) atoms. The van der Waals surface area contributed by atoms with Gasteiger partial charge in [0.15, 0.2) is 5.11 Å². The van der Waals surface area contributed by atoms with Crippen molar-refractivity contribution in [3.8, 4) is 0 Å². The summed E-state index contributed by atoms with van der Waals surface area (Å²) in [5, 5.41) is 3.92. The van der Waals surface area contributed by atoms with E-state index in [4.69, 9.17) is 5.73 Å². The Morgan fingerprint density at radius 1 is 1.92 bits per heavy atom. The average Bonchev–Trinajstić information content (AvgIpc) is 2.36. The SMILES string of the molecule is Cn1cncc1/C=N/NC(N)=S. The lowest BCUT2D eigenvalue weighted by molar-refractivity contribution is 0.901. The number of hydrazone groups is 1. The van der Waals surface area contributed by atoms with E-state index in [1.807, 2.05) is 11.6 Å². The summed E-state index contributed by atoms with van der Waals surface area (Å²) in [6, 6.07) is 0. The quantitative estimate of drug-likeness (QED) is 0.371. The fraction of sp³-hybridized carbons (Fsp3) is 0.167. The lowest BCUT2D eigenvalue weighted by Gasteiger charge is -1.94. The summed E-state index contributed by atoms with van der Waals surface area (Å²) in [4.78, 5) is 3.90. The molecule has 0 saturated heterocycles. The summed E-state index contributed by atoms with van der Waals surface area (Å²) < 4.78 is 1.82. The van der Waals surface area contributed by atoms with Crippen LogP contribution in [0.1, 0.15) is 5.69 Å². The van der Waals surface area contributed by atoms with Gasteiger partial charge in [0, 0.05) is 7.05 Å². The molecule has 0 radical (unpaired) electrons. The zero-order valence-electron chi connectivity index (χ0n) is 6.56. The predicted molar refractivity (Wildman–Crippen MR) is 50.7 cm³/mol. The van der Waals surface area contributed by atoms with E-state index in [-0.39, 0.29) is 5.11 Å². The van der Waals surface area contributed by atoms with Crippen LogP contribution in [-0.2, 0) is 7.05 Å². The van der Waals surface area contributed by atoms with Crippen molar-refractivity contribution in [1.82, 2.24) is 15.0 Å². The molecule has 0 aliphatic heterocycles. The maximum atomic E-state index is 5.15. The van der Waals surface area contributed by atoms with Crippen LogP contribution in [0.15, 0.2) is 17.6 Å². The second-order valence-corrected chi connectivity index (χ2v) is 2.60. The van der Waals surface area contributed by atoms with Crippen molar-refractivity contribution in [2.24, 2.45) is 17.9 Å². The molecule has 0 amide bonds. The summed E-state index contributed by atoms with van der Waals surface area (Å²) in [5.74, 6) is 0. The van der Waals surface area contributed by atoms with Gasteiger partial charge in [-0.25, -0.2) is 4.98 Å². The normalized spacial score (nSPS) is 10.4. The summed E-state index contributed by atoms with van der Waals surface area (Å²) in [6.07, 6.45) is 4.96. The van der Waals surface area contributed by atoms with Crippen molar-refractivity contribution < 1.29 is 0 Å². The van der Waals surface area contributed by atoms with Gasteiger partial charge in [0.25, 0.3) is 0 Å². The first-order chi connectivity index (χ1) is 5.70. The highest BCUT2D eigenvalue weighted by molar-refractivity contribution is 7.80. The molecule has 0 bridgehead atoms. The van der Waals surface area contributed by atoms with Crippen LogP contribution in [0, 0.1) is 0 Å². The summed E-state index contributed by atoms with van der Waals surface area (Å²) in [6.45, 7) is 0. The molecule has 64 valence electrons. The largest absolute Gasteiger partial charge is 0.375 e. The number of aromatic nitrogens is 2. The Bertz CT molecular complexity index is 303. The minimum Gasteiger partial charge on any atom is -0.375 e. The van der Waals surface area contributed by atoms with Crippen LogP contribution in [0.5, 0.6) is 0 Å². The molecular weight excluding hydrogens is 174 g/mol. The second kappa shape index (κ2) is 3.82. The van der Waals surface area contributed by atoms with E-state index in [9.17, 15) is 0 Å². The van der Waals surface area contributed by atoms with Gasteiger partial charge in [-0.15, -0.1) is 0 Å². The summed E-state index contributed by atoms with van der Waals surface area (Å²) >= 11 is 4.55. The molecule has 1 aromatic rings. The molecule has 0 unspecified atom stereocenters. The number of hydrogen-bond donors (Lipinski definition) is 2. The van der Waals surface area contributed by atoms with E-state index in [0.717, 1.165) is 5.69 Å². The molecule has 0 aromatic carbocycles. The zero-order valence-corrected chi connectivity index (χ0v) is 7.38. The Kier molecular flexibility index (Phi) is 2.76. The Morgan fingerprint density at radius 3 is 3.17 bits per heavy atom. The number of nitrogens with one attached hydrogen (secondary N) is 1. The van der Waals surface area contributed by atoms with Crippen molar-refractivity contribution >= 4 is 23.5 Å². The standard InChI is InChI=1S/C6H9N5S/c1-11-4-8-2-5(11)3-9-10-6(7)12/h2-4H,1H3,(H3,7,10,12)/b9-3+. The molecule has 3 N–H and O–H groups in total. The minimum absolute atomic E-state index is 0.147. The molecule has 5 nitrogen and oxygen atoms in total. The Hall–Kier alpha value is -1.43. The molecule has 0 atom stereocenters. The van der Waals surface area contributed by atoms with Gasteiger partial charge in [-0.1, -0.05) is 0 Å². The first-order valence-electron chi connectivity index (χ1n) is 3.25. The van der Waals surface area contributed by atoms with Crippen LogP contribution in [0.2, 0.25) is 0 Å². The van der Waals surface area contributed by atoms with E-state index in [1.165, 1.54) is 0 Å². The van der Waals surface area contributed by atoms with Gasteiger partial charge in [0.1, 0.15) is 0 Å². The first kappa shape index (κ1) is 8.66. The van der Waals surface area contributed by atoms with E-state index in [1.54, 1.807) is 18.7 Å². The molecular formula is C6H9N5S. The maximum absolute atomic E-state index is 5.15. The number of aryl methyl sites for hydroxylation is 1. The molecule has 0 aliphatic carbocycles. The van der Waals surface area contributed by atoms with Crippen LogP contribution in [-0.4, -0.2) is 20.9 Å². The minimum atomic E-state index is 0.147. The van der Waals surface area contributed by atoms with Crippen molar-refractivity contribution in [3.63, 3.8) is 0 Å². The predicted octanol–water partition coefficient (Wildman–Crippen LogP) is -0.413. The van der Waals surface area contributed by atoms with Crippen LogP contribution < -0.4 is 11.2 Å². The van der Waals surface area contributed by atoms with Crippen LogP contribution in [0.3, 0.4) is 0 Å². The fourth-order valence-electron chi connectivity index (χ4n) is 0.654. The van der Waals surface area contributed by atoms with Gasteiger partial charge in [-0.3, -0.25) is 5.43 Å². The lowest BCUT2D eigenvalue weighted by atomic mass is 10.5. The number of hydrogen-bond acceptors (Lipinski definition) is 3. The van der Waals surface area contributed by atoms with Gasteiger partial charge in [0.05, 0.1) is 24.4 Å². The van der Waals surface area contributed by atoms with Gasteiger partial charge in [0.2, 0.25) is 0 Å². The smallest absolute Gasteiger partial charge is 0.184 e. The van der Waals surface area contributed by atoms with Crippen LogP contribution in [0.4, 0.5) is 0 Å². The zero-order chi connectivity index (χ0) is 8.97. The van der Waals surface area contributed by atoms with Gasteiger partial charge in [-0.05, 0) is 12.2 Å². The third-order valence-electron chi connectivity index (χ3n) is 1.23. The highest BCUT2D eigenvalue weighted by Gasteiger charge is 1.91. The van der Waals surface area contributed by atoms with E-state index in [2.05, 4.69) is 27.7 Å². The molecule has 0 spiro atoms. The highest BCUT2D eigenvalue weighted by atomic mass is 32.1.